The second-order valence-electron chi connectivity index (χ2n) is 5.32. The Kier molecular flexibility index (Phi) is 3.91. The standard InChI is InChI=1S/C18H20N2O/c1-3-4-11-21-16-7-5-15(6-8-16)17-13-20-10-9-14(2)12-18(20)19-17/h5-10,12-13H,3-4,11H2,1-2H3. The number of benzene rings is 1. The number of nitrogens with zero attached hydrogens (tertiary/aromatic N) is 2. The Hall–Kier alpha value is -2.29. The van der Waals surface area contributed by atoms with Crippen LogP contribution in [0.1, 0.15) is 25.3 Å². The summed E-state index contributed by atoms with van der Waals surface area (Å²) in [5.74, 6) is 0.923. The van der Waals surface area contributed by atoms with Gasteiger partial charge in [0.05, 0.1) is 12.3 Å². The fourth-order valence-corrected chi connectivity index (χ4v) is 2.28. The summed E-state index contributed by atoms with van der Waals surface area (Å²) < 4.78 is 7.74. The average molecular weight is 280 g/mol. The van der Waals surface area contributed by atoms with E-state index in [0.29, 0.717) is 0 Å². The number of ether oxygens (including phenoxy) is 1. The molecular formula is C18H20N2O. The van der Waals surface area contributed by atoms with Crippen molar-refractivity contribution >= 4 is 5.65 Å². The van der Waals surface area contributed by atoms with Gasteiger partial charge in [0.15, 0.2) is 0 Å². The molecule has 0 saturated carbocycles. The Morgan fingerprint density at radius 1 is 1.14 bits per heavy atom. The molecule has 0 spiro atoms. The lowest BCUT2D eigenvalue weighted by Gasteiger charge is -2.05. The second kappa shape index (κ2) is 6.00. The molecule has 21 heavy (non-hydrogen) atoms. The van der Waals surface area contributed by atoms with Crippen molar-refractivity contribution < 1.29 is 4.74 Å². The molecule has 0 saturated heterocycles. The third kappa shape index (κ3) is 3.07. The maximum absolute atomic E-state index is 5.69. The molecule has 108 valence electrons. The number of pyridine rings is 1. The Morgan fingerprint density at radius 3 is 2.71 bits per heavy atom. The van der Waals surface area contributed by atoms with Crippen molar-refractivity contribution in [3.63, 3.8) is 0 Å². The van der Waals surface area contributed by atoms with Crippen molar-refractivity contribution in [2.45, 2.75) is 26.7 Å². The van der Waals surface area contributed by atoms with Gasteiger partial charge in [0.1, 0.15) is 11.4 Å². The summed E-state index contributed by atoms with van der Waals surface area (Å²) in [6.07, 6.45) is 6.34. The number of hydrogen-bond acceptors (Lipinski definition) is 2. The molecule has 3 nitrogen and oxygen atoms in total. The monoisotopic (exact) mass is 280 g/mol. The van der Waals surface area contributed by atoms with Gasteiger partial charge >= 0.3 is 0 Å². The molecule has 3 rings (SSSR count). The quantitative estimate of drug-likeness (QED) is 0.644. The highest BCUT2D eigenvalue weighted by Crippen LogP contribution is 2.22. The zero-order chi connectivity index (χ0) is 14.7. The third-order valence-electron chi connectivity index (χ3n) is 3.53. The minimum Gasteiger partial charge on any atom is -0.494 e. The number of fused-ring (bicyclic) bond motifs is 1. The molecule has 2 aromatic heterocycles. The highest BCUT2D eigenvalue weighted by Gasteiger charge is 2.04. The third-order valence-corrected chi connectivity index (χ3v) is 3.53. The van der Waals surface area contributed by atoms with E-state index < -0.39 is 0 Å². The zero-order valence-corrected chi connectivity index (χ0v) is 12.5. The van der Waals surface area contributed by atoms with Crippen LogP contribution in [-0.2, 0) is 0 Å². The lowest BCUT2D eigenvalue weighted by Crippen LogP contribution is -1.95. The molecule has 3 heteroatoms. The molecule has 0 aliphatic heterocycles. The smallest absolute Gasteiger partial charge is 0.137 e. The molecule has 0 N–H and O–H groups in total. The summed E-state index contributed by atoms with van der Waals surface area (Å²) in [6, 6.07) is 12.3. The molecule has 0 unspecified atom stereocenters. The van der Waals surface area contributed by atoms with Crippen LogP contribution in [0.3, 0.4) is 0 Å². The lowest BCUT2D eigenvalue weighted by molar-refractivity contribution is 0.309. The van der Waals surface area contributed by atoms with Crippen LogP contribution in [0.25, 0.3) is 16.9 Å². The van der Waals surface area contributed by atoms with Gasteiger partial charge in [0.2, 0.25) is 0 Å². The van der Waals surface area contributed by atoms with Gasteiger partial charge in [-0.1, -0.05) is 13.3 Å². The van der Waals surface area contributed by atoms with E-state index in [-0.39, 0.29) is 0 Å². The first-order chi connectivity index (χ1) is 10.3. The van der Waals surface area contributed by atoms with Gasteiger partial charge in [-0.05, 0) is 55.3 Å². The van der Waals surface area contributed by atoms with Crippen LogP contribution in [0.4, 0.5) is 0 Å². The zero-order valence-electron chi connectivity index (χ0n) is 12.5. The fraction of sp³-hybridized carbons (Fsp3) is 0.278. The van der Waals surface area contributed by atoms with Crippen LogP contribution in [-0.4, -0.2) is 16.0 Å². The van der Waals surface area contributed by atoms with E-state index in [2.05, 4.69) is 49.3 Å². The molecule has 0 aliphatic carbocycles. The van der Waals surface area contributed by atoms with Gasteiger partial charge in [-0.15, -0.1) is 0 Å². The highest BCUT2D eigenvalue weighted by atomic mass is 16.5. The molecule has 0 amide bonds. The van der Waals surface area contributed by atoms with Crippen molar-refractivity contribution in [1.29, 1.82) is 0 Å². The van der Waals surface area contributed by atoms with E-state index in [4.69, 9.17) is 4.74 Å². The maximum atomic E-state index is 5.69. The van der Waals surface area contributed by atoms with Gasteiger partial charge in [0.25, 0.3) is 0 Å². The molecule has 0 aliphatic rings. The number of hydrogen-bond donors (Lipinski definition) is 0. The minimum absolute atomic E-state index is 0.781. The van der Waals surface area contributed by atoms with Gasteiger partial charge in [0, 0.05) is 18.0 Å². The normalized spacial score (nSPS) is 11.0. The van der Waals surface area contributed by atoms with E-state index in [9.17, 15) is 0 Å². The van der Waals surface area contributed by atoms with E-state index in [1.54, 1.807) is 0 Å². The molecule has 0 radical (unpaired) electrons. The van der Waals surface area contributed by atoms with Crippen molar-refractivity contribution in [3.05, 3.63) is 54.4 Å². The van der Waals surface area contributed by atoms with Crippen LogP contribution in [0.15, 0.2) is 48.8 Å². The average Bonchev–Trinajstić information content (AvgIpc) is 2.91. The van der Waals surface area contributed by atoms with E-state index in [0.717, 1.165) is 42.1 Å². The molecule has 0 fully saturated rings. The summed E-state index contributed by atoms with van der Waals surface area (Å²) in [4.78, 5) is 4.67. The summed E-state index contributed by atoms with van der Waals surface area (Å²) in [7, 11) is 0. The van der Waals surface area contributed by atoms with Gasteiger partial charge < -0.3 is 9.14 Å². The fourth-order valence-electron chi connectivity index (χ4n) is 2.28. The molecule has 0 atom stereocenters. The van der Waals surface area contributed by atoms with Crippen molar-refractivity contribution in [1.82, 2.24) is 9.38 Å². The topological polar surface area (TPSA) is 26.5 Å². The Bertz CT molecular complexity index is 729. The highest BCUT2D eigenvalue weighted by molar-refractivity contribution is 5.63. The van der Waals surface area contributed by atoms with Crippen molar-refractivity contribution in [3.8, 4) is 17.0 Å². The SMILES string of the molecule is CCCCOc1ccc(-c2cn3ccc(C)cc3n2)cc1. The van der Waals surface area contributed by atoms with Gasteiger partial charge in [-0.3, -0.25) is 0 Å². The predicted molar refractivity (Wildman–Crippen MR) is 85.8 cm³/mol. The number of rotatable bonds is 5. The first-order valence-electron chi connectivity index (χ1n) is 7.45. The first kappa shape index (κ1) is 13.7. The van der Waals surface area contributed by atoms with Crippen LogP contribution in [0.5, 0.6) is 5.75 Å². The number of aromatic nitrogens is 2. The summed E-state index contributed by atoms with van der Waals surface area (Å²) in [6.45, 7) is 5.03. The van der Waals surface area contributed by atoms with Crippen molar-refractivity contribution in [2.75, 3.05) is 6.61 Å². The Morgan fingerprint density at radius 2 is 1.95 bits per heavy atom. The molecule has 2 heterocycles. The van der Waals surface area contributed by atoms with Gasteiger partial charge in [-0.25, -0.2) is 4.98 Å². The Balaban J connectivity index is 1.81. The molecule has 1 aromatic carbocycles. The molecule has 0 bridgehead atoms. The number of unbranched alkanes of at least 4 members (excludes halogenated alkanes) is 1. The van der Waals surface area contributed by atoms with Crippen LogP contribution >= 0.6 is 0 Å². The van der Waals surface area contributed by atoms with Crippen LogP contribution in [0, 0.1) is 6.92 Å². The summed E-state index contributed by atoms with van der Waals surface area (Å²) in [5.41, 5.74) is 4.30. The van der Waals surface area contributed by atoms with Crippen LogP contribution < -0.4 is 4.74 Å². The maximum Gasteiger partial charge on any atom is 0.137 e. The van der Waals surface area contributed by atoms with Crippen LogP contribution in [0.2, 0.25) is 0 Å². The van der Waals surface area contributed by atoms with E-state index >= 15 is 0 Å². The number of aryl methyl sites for hydroxylation is 1. The van der Waals surface area contributed by atoms with Crippen molar-refractivity contribution in [2.24, 2.45) is 0 Å². The molecular weight excluding hydrogens is 260 g/mol. The minimum atomic E-state index is 0.781. The predicted octanol–water partition coefficient (Wildman–Crippen LogP) is 4.49. The second-order valence-corrected chi connectivity index (χ2v) is 5.32. The summed E-state index contributed by atoms with van der Waals surface area (Å²) in [5, 5.41) is 0. The van der Waals surface area contributed by atoms with Gasteiger partial charge in [-0.2, -0.15) is 0 Å². The Labute approximate surface area is 125 Å². The lowest BCUT2D eigenvalue weighted by atomic mass is 10.2. The number of imidazole rings is 1. The molecule has 3 aromatic rings. The largest absolute Gasteiger partial charge is 0.494 e. The van der Waals surface area contributed by atoms with E-state index in [1.807, 2.05) is 22.7 Å². The first-order valence-corrected chi connectivity index (χ1v) is 7.45. The van der Waals surface area contributed by atoms with E-state index in [1.165, 1.54) is 5.56 Å². The summed E-state index contributed by atoms with van der Waals surface area (Å²) >= 11 is 0.